The number of hydrogen-bond donors (Lipinski definition) is 1. The number of ether oxygens (including phenoxy) is 1. The minimum absolute atomic E-state index is 0.0411. The highest BCUT2D eigenvalue weighted by molar-refractivity contribution is 5.85. The third kappa shape index (κ3) is 6.57. The standard InChI is InChI=1S/C30H34O4/c1-2-3-7-23-34-28-18-14-26(15-19-28)25-12-16-27(17-13-25)30(21-22-31,29(32)33)20-8-11-24-9-5-4-6-10-24/h4-6,9-10,12-19,22H,2-3,7-8,11,20-21,23H2,1H3,(H,32,33)/t30-/m1/s1. The van der Waals surface area contributed by atoms with E-state index in [0.717, 1.165) is 42.6 Å². The molecule has 1 N–H and O–H groups in total. The first kappa shape index (κ1) is 25.2. The van der Waals surface area contributed by atoms with E-state index in [4.69, 9.17) is 4.74 Å². The summed E-state index contributed by atoms with van der Waals surface area (Å²) in [4.78, 5) is 23.9. The molecule has 0 heterocycles. The van der Waals surface area contributed by atoms with Crippen LogP contribution in [0, 0.1) is 0 Å². The molecule has 0 aliphatic carbocycles. The number of hydrogen-bond acceptors (Lipinski definition) is 3. The molecule has 0 aliphatic heterocycles. The van der Waals surface area contributed by atoms with Crippen LogP contribution in [0.25, 0.3) is 11.1 Å². The zero-order valence-electron chi connectivity index (χ0n) is 19.9. The Morgan fingerprint density at radius 2 is 1.53 bits per heavy atom. The molecule has 3 aromatic rings. The normalized spacial score (nSPS) is 12.6. The highest BCUT2D eigenvalue weighted by Gasteiger charge is 2.39. The van der Waals surface area contributed by atoms with Gasteiger partial charge >= 0.3 is 5.97 Å². The summed E-state index contributed by atoms with van der Waals surface area (Å²) in [6.07, 6.45) is 5.94. The van der Waals surface area contributed by atoms with Gasteiger partial charge in [0.1, 0.15) is 12.0 Å². The van der Waals surface area contributed by atoms with Crippen molar-refractivity contribution in [2.45, 2.75) is 57.3 Å². The number of carboxylic acid groups (broad SMARTS) is 1. The summed E-state index contributed by atoms with van der Waals surface area (Å²) in [5.41, 5.74) is 2.65. The number of carbonyl (C=O) groups excluding carboxylic acids is 1. The van der Waals surface area contributed by atoms with E-state index in [1.165, 1.54) is 18.4 Å². The van der Waals surface area contributed by atoms with Gasteiger partial charge in [-0.05, 0) is 60.1 Å². The van der Waals surface area contributed by atoms with E-state index in [0.29, 0.717) is 18.4 Å². The van der Waals surface area contributed by atoms with E-state index in [1.807, 2.05) is 78.9 Å². The van der Waals surface area contributed by atoms with Crippen molar-refractivity contribution in [3.63, 3.8) is 0 Å². The molecule has 0 saturated heterocycles. The lowest BCUT2D eigenvalue weighted by Gasteiger charge is -2.28. The van der Waals surface area contributed by atoms with Crippen molar-refractivity contribution in [2.24, 2.45) is 0 Å². The summed E-state index contributed by atoms with van der Waals surface area (Å²) in [5, 5.41) is 10.2. The molecule has 0 fully saturated rings. The van der Waals surface area contributed by atoms with Crippen LogP contribution in [-0.4, -0.2) is 24.0 Å². The van der Waals surface area contributed by atoms with Crippen LogP contribution in [0.5, 0.6) is 5.75 Å². The summed E-state index contributed by atoms with van der Waals surface area (Å²) >= 11 is 0. The van der Waals surface area contributed by atoms with Gasteiger partial charge in [0.25, 0.3) is 0 Å². The van der Waals surface area contributed by atoms with E-state index in [-0.39, 0.29) is 6.42 Å². The maximum absolute atomic E-state index is 12.4. The Balaban J connectivity index is 1.72. The summed E-state index contributed by atoms with van der Waals surface area (Å²) in [7, 11) is 0. The van der Waals surface area contributed by atoms with E-state index in [9.17, 15) is 14.7 Å². The molecule has 0 aliphatic rings. The highest BCUT2D eigenvalue weighted by atomic mass is 16.5. The molecule has 0 radical (unpaired) electrons. The fourth-order valence-electron chi connectivity index (χ4n) is 4.33. The molecule has 4 heteroatoms. The van der Waals surface area contributed by atoms with Gasteiger partial charge in [0.2, 0.25) is 0 Å². The van der Waals surface area contributed by atoms with Crippen LogP contribution in [0.1, 0.15) is 56.6 Å². The third-order valence-corrected chi connectivity index (χ3v) is 6.39. The predicted molar refractivity (Wildman–Crippen MR) is 136 cm³/mol. The molecule has 0 amide bonds. The molecular formula is C30H34O4. The van der Waals surface area contributed by atoms with E-state index < -0.39 is 11.4 Å². The van der Waals surface area contributed by atoms with Gasteiger partial charge < -0.3 is 14.6 Å². The van der Waals surface area contributed by atoms with Crippen LogP contribution in [0.4, 0.5) is 0 Å². The molecule has 3 aromatic carbocycles. The van der Waals surface area contributed by atoms with Gasteiger partial charge in [-0.15, -0.1) is 0 Å². The molecule has 0 bridgehead atoms. The van der Waals surface area contributed by atoms with Crippen LogP contribution in [0.2, 0.25) is 0 Å². The van der Waals surface area contributed by atoms with Gasteiger partial charge in [0, 0.05) is 6.42 Å². The lowest BCUT2D eigenvalue weighted by Crippen LogP contribution is -2.36. The Bertz CT molecular complexity index is 1030. The molecule has 0 spiro atoms. The Morgan fingerprint density at radius 1 is 0.882 bits per heavy atom. The minimum Gasteiger partial charge on any atom is -0.494 e. The van der Waals surface area contributed by atoms with Crippen molar-refractivity contribution >= 4 is 12.3 Å². The number of aryl methyl sites for hydroxylation is 1. The number of rotatable bonds is 14. The zero-order valence-corrected chi connectivity index (χ0v) is 19.9. The van der Waals surface area contributed by atoms with Crippen LogP contribution < -0.4 is 4.74 Å². The Labute approximate surface area is 202 Å². The lowest BCUT2D eigenvalue weighted by molar-refractivity contribution is -0.145. The largest absolute Gasteiger partial charge is 0.494 e. The van der Waals surface area contributed by atoms with Crippen molar-refractivity contribution < 1.29 is 19.4 Å². The first-order valence-corrected chi connectivity index (χ1v) is 12.1. The van der Waals surface area contributed by atoms with Gasteiger partial charge in [-0.3, -0.25) is 4.79 Å². The molecule has 34 heavy (non-hydrogen) atoms. The molecule has 0 saturated carbocycles. The second-order valence-corrected chi connectivity index (χ2v) is 8.75. The number of aldehydes is 1. The lowest BCUT2D eigenvalue weighted by atomic mass is 9.73. The highest BCUT2D eigenvalue weighted by Crippen LogP contribution is 2.35. The smallest absolute Gasteiger partial charge is 0.314 e. The van der Waals surface area contributed by atoms with Gasteiger partial charge in [-0.25, -0.2) is 0 Å². The second kappa shape index (κ2) is 12.7. The van der Waals surface area contributed by atoms with Crippen molar-refractivity contribution in [3.05, 3.63) is 90.0 Å². The zero-order chi connectivity index (χ0) is 24.2. The van der Waals surface area contributed by atoms with Crippen LogP contribution >= 0.6 is 0 Å². The fourth-order valence-corrected chi connectivity index (χ4v) is 4.33. The Kier molecular flexibility index (Phi) is 9.45. The van der Waals surface area contributed by atoms with Gasteiger partial charge in [-0.2, -0.15) is 0 Å². The number of carboxylic acids is 1. The second-order valence-electron chi connectivity index (χ2n) is 8.75. The average Bonchev–Trinajstić information content (AvgIpc) is 2.87. The number of unbranched alkanes of at least 4 members (excludes halogenated alkanes) is 2. The summed E-state index contributed by atoms with van der Waals surface area (Å²) in [6.45, 7) is 2.89. The number of benzene rings is 3. The first-order valence-electron chi connectivity index (χ1n) is 12.1. The first-order chi connectivity index (χ1) is 16.6. The van der Waals surface area contributed by atoms with Crippen LogP contribution in [0.15, 0.2) is 78.9 Å². The fraction of sp³-hybridized carbons (Fsp3) is 0.333. The predicted octanol–water partition coefficient (Wildman–Crippen LogP) is 6.86. The molecule has 0 unspecified atom stereocenters. The summed E-state index contributed by atoms with van der Waals surface area (Å²) in [5.74, 6) is -0.101. The summed E-state index contributed by atoms with van der Waals surface area (Å²) < 4.78 is 5.79. The van der Waals surface area contributed by atoms with Gasteiger partial charge in [0.15, 0.2) is 0 Å². The quantitative estimate of drug-likeness (QED) is 0.212. The Morgan fingerprint density at radius 3 is 2.12 bits per heavy atom. The summed E-state index contributed by atoms with van der Waals surface area (Å²) in [6, 6.07) is 25.5. The molecule has 3 rings (SSSR count). The van der Waals surface area contributed by atoms with Crippen molar-refractivity contribution in [1.29, 1.82) is 0 Å². The monoisotopic (exact) mass is 458 g/mol. The number of carbonyl (C=O) groups is 2. The molecule has 178 valence electrons. The van der Waals surface area contributed by atoms with Gasteiger partial charge in [-0.1, -0.05) is 86.5 Å². The number of aliphatic carboxylic acids is 1. The maximum Gasteiger partial charge on any atom is 0.314 e. The SMILES string of the molecule is CCCCCOc1ccc(-c2ccc([C@](CC=O)(CCCc3ccccc3)C(=O)O)cc2)cc1. The van der Waals surface area contributed by atoms with Crippen LogP contribution in [0.3, 0.4) is 0 Å². The molecular weight excluding hydrogens is 424 g/mol. The van der Waals surface area contributed by atoms with Crippen LogP contribution in [-0.2, 0) is 21.4 Å². The van der Waals surface area contributed by atoms with Gasteiger partial charge in [0.05, 0.1) is 12.0 Å². The molecule has 4 nitrogen and oxygen atoms in total. The maximum atomic E-state index is 12.4. The molecule has 0 aromatic heterocycles. The van der Waals surface area contributed by atoms with Crippen molar-refractivity contribution in [1.82, 2.24) is 0 Å². The topological polar surface area (TPSA) is 63.6 Å². The van der Waals surface area contributed by atoms with E-state index in [1.54, 1.807) is 0 Å². The third-order valence-electron chi connectivity index (χ3n) is 6.39. The van der Waals surface area contributed by atoms with E-state index >= 15 is 0 Å². The van der Waals surface area contributed by atoms with E-state index in [2.05, 4.69) is 6.92 Å². The Hall–Kier alpha value is -3.40. The molecule has 1 atom stereocenters. The van der Waals surface area contributed by atoms with Crippen molar-refractivity contribution in [2.75, 3.05) is 6.61 Å². The minimum atomic E-state index is -1.22. The van der Waals surface area contributed by atoms with Crippen molar-refractivity contribution in [3.8, 4) is 16.9 Å². The average molecular weight is 459 g/mol.